The van der Waals surface area contributed by atoms with Gasteiger partial charge < -0.3 is 10.6 Å². The molecule has 1 saturated carbocycles. The maximum Gasteiger partial charge on any atom is 0.131 e. The van der Waals surface area contributed by atoms with Gasteiger partial charge in [0.1, 0.15) is 18.0 Å². The predicted octanol–water partition coefficient (Wildman–Crippen LogP) is 3.15. The fraction of sp³-hybridized carbons (Fsp3) is 0.714. The van der Waals surface area contributed by atoms with E-state index in [9.17, 15) is 0 Å². The molecule has 0 spiro atoms. The molecule has 0 amide bonds. The highest BCUT2D eigenvalue weighted by Crippen LogP contribution is 2.63. The highest BCUT2D eigenvalue weighted by Gasteiger charge is 2.65. The van der Waals surface area contributed by atoms with Gasteiger partial charge in [-0.2, -0.15) is 0 Å². The van der Waals surface area contributed by atoms with Crippen LogP contribution in [0.2, 0.25) is 0 Å². The molecule has 0 radical (unpaired) electrons. The Hall–Kier alpha value is -1.32. The lowest BCUT2D eigenvalue weighted by atomic mass is 10.0. The number of aromatic nitrogens is 2. The quantitative estimate of drug-likeness (QED) is 0.840. The van der Waals surface area contributed by atoms with Crippen LogP contribution in [0.1, 0.15) is 41.0 Å². The number of anilines is 2. The zero-order valence-electron chi connectivity index (χ0n) is 12.0. The van der Waals surface area contributed by atoms with Crippen molar-refractivity contribution in [2.75, 3.05) is 17.2 Å². The monoisotopic (exact) mass is 248 g/mol. The van der Waals surface area contributed by atoms with Gasteiger partial charge in [-0.1, -0.05) is 34.6 Å². The van der Waals surface area contributed by atoms with E-state index < -0.39 is 0 Å². The molecule has 1 aliphatic rings. The Kier molecular flexibility index (Phi) is 3.21. The van der Waals surface area contributed by atoms with Gasteiger partial charge in [0.15, 0.2) is 0 Å². The van der Waals surface area contributed by atoms with Crippen molar-refractivity contribution >= 4 is 11.6 Å². The summed E-state index contributed by atoms with van der Waals surface area (Å²) in [6.45, 7) is 12.3. The molecular weight excluding hydrogens is 224 g/mol. The van der Waals surface area contributed by atoms with Crippen LogP contribution >= 0.6 is 0 Å². The third-order valence-electron chi connectivity index (χ3n) is 4.54. The summed E-state index contributed by atoms with van der Waals surface area (Å²) in [6, 6.07) is 2.46. The minimum absolute atomic E-state index is 0.314. The summed E-state index contributed by atoms with van der Waals surface area (Å²) < 4.78 is 0. The molecule has 1 aliphatic carbocycles. The van der Waals surface area contributed by atoms with E-state index in [0.717, 1.165) is 24.6 Å². The van der Waals surface area contributed by atoms with E-state index in [4.69, 9.17) is 0 Å². The van der Waals surface area contributed by atoms with E-state index >= 15 is 0 Å². The Morgan fingerprint density at radius 3 is 2.28 bits per heavy atom. The molecule has 0 saturated heterocycles. The smallest absolute Gasteiger partial charge is 0.131 e. The van der Waals surface area contributed by atoms with Crippen molar-refractivity contribution in [3.63, 3.8) is 0 Å². The molecule has 2 N–H and O–H groups in total. The van der Waals surface area contributed by atoms with Crippen LogP contribution in [0, 0.1) is 10.8 Å². The van der Waals surface area contributed by atoms with Gasteiger partial charge in [0.25, 0.3) is 0 Å². The van der Waals surface area contributed by atoms with Crippen molar-refractivity contribution in [3.8, 4) is 0 Å². The van der Waals surface area contributed by atoms with Crippen LogP contribution in [0.3, 0.4) is 0 Å². The Morgan fingerprint density at radius 1 is 1.11 bits per heavy atom. The minimum atomic E-state index is 0.314. The number of hydrogen-bond donors (Lipinski definition) is 2. The summed E-state index contributed by atoms with van der Waals surface area (Å²) in [4.78, 5) is 8.51. The first-order valence-corrected chi connectivity index (χ1v) is 6.72. The van der Waals surface area contributed by atoms with Crippen molar-refractivity contribution in [1.29, 1.82) is 0 Å². The summed E-state index contributed by atoms with van der Waals surface area (Å²) >= 11 is 0. The maximum atomic E-state index is 4.30. The summed E-state index contributed by atoms with van der Waals surface area (Å²) in [7, 11) is 0. The Labute approximate surface area is 110 Å². The van der Waals surface area contributed by atoms with Crippen LogP contribution in [-0.4, -0.2) is 22.6 Å². The van der Waals surface area contributed by atoms with Crippen LogP contribution in [0.4, 0.5) is 11.6 Å². The average molecular weight is 248 g/mol. The van der Waals surface area contributed by atoms with Crippen LogP contribution in [0.5, 0.6) is 0 Å². The number of nitrogens with zero attached hydrogens (tertiary/aromatic N) is 2. The third kappa shape index (κ3) is 2.16. The lowest BCUT2D eigenvalue weighted by molar-refractivity contribution is 0.457. The van der Waals surface area contributed by atoms with Crippen molar-refractivity contribution in [3.05, 3.63) is 12.4 Å². The minimum Gasteiger partial charge on any atom is -0.370 e. The van der Waals surface area contributed by atoms with Gasteiger partial charge in [-0.25, -0.2) is 9.97 Å². The second-order valence-corrected chi connectivity index (χ2v) is 6.24. The lowest BCUT2D eigenvalue weighted by Gasteiger charge is -2.09. The van der Waals surface area contributed by atoms with E-state index in [2.05, 4.69) is 55.2 Å². The molecule has 100 valence electrons. The Bertz CT molecular complexity index is 412. The Balaban J connectivity index is 2.03. The van der Waals surface area contributed by atoms with Gasteiger partial charge in [-0.15, -0.1) is 0 Å². The predicted molar refractivity (Wildman–Crippen MR) is 75.8 cm³/mol. The summed E-state index contributed by atoms with van der Waals surface area (Å²) in [5, 5.41) is 6.80. The van der Waals surface area contributed by atoms with Crippen LogP contribution in [-0.2, 0) is 0 Å². The van der Waals surface area contributed by atoms with E-state index in [1.54, 1.807) is 6.33 Å². The summed E-state index contributed by atoms with van der Waals surface area (Å²) in [5.41, 5.74) is 0.629. The van der Waals surface area contributed by atoms with E-state index in [1.165, 1.54) is 0 Å². The molecule has 2 rings (SSSR count). The summed E-state index contributed by atoms with van der Waals surface area (Å²) in [5.74, 6) is 1.80. The van der Waals surface area contributed by atoms with Gasteiger partial charge in [0, 0.05) is 18.7 Å². The molecule has 0 bridgehead atoms. The van der Waals surface area contributed by atoms with Crippen LogP contribution in [0.15, 0.2) is 12.4 Å². The molecule has 4 heteroatoms. The second-order valence-electron chi connectivity index (χ2n) is 6.24. The molecule has 0 aliphatic heterocycles. The number of hydrogen-bond acceptors (Lipinski definition) is 4. The molecule has 1 fully saturated rings. The lowest BCUT2D eigenvalue weighted by Crippen LogP contribution is -2.12. The van der Waals surface area contributed by atoms with Gasteiger partial charge in [0.05, 0.1) is 0 Å². The van der Waals surface area contributed by atoms with Gasteiger partial charge in [-0.05, 0) is 17.3 Å². The maximum absolute atomic E-state index is 4.30. The van der Waals surface area contributed by atoms with Crippen molar-refractivity contribution in [1.82, 2.24) is 9.97 Å². The highest BCUT2D eigenvalue weighted by atomic mass is 15.1. The third-order valence-corrected chi connectivity index (χ3v) is 4.54. The topological polar surface area (TPSA) is 49.8 Å². The van der Waals surface area contributed by atoms with Gasteiger partial charge in [-0.3, -0.25) is 0 Å². The first kappa shape index (κ1) is 13.1. The van der Waals surface area contributed by atoms with Gasteiger partial charge >= 0.3 is 0 Å². The molecule has 1 aromatic heterocycles. The molecule has 18 heavy (non-hydrogen) atoms. The zero-order chi connectivity index (χ0) is 13.4. The molecule has 4 nitrogen and oxygen atoms in total. The first-order chi connectivity index (χ1) is 8.39. The molecule has 0 aromatic carbocycles. The SMILES string of the molecule is CCCNc1cc(NC2C(C)(C)C2(C)C)ncn1. The number of rotatable bonds is 5. The molecule has 1 heterocycles. The Morgan fingerprint density at radius 2 is 1.72 bits per heavy atom. The van der Waals surface area contributed by atoms with E-state index in [0.29, 0.717) is 16.9 Å². The number of nitrogens with one attached hydrogen (secondary N) is 2. The van der Waals surface area contributed by atoms with Crippen molar-refractivity contribution in [2.45, 2.75) is 47.1 Å². The average Bonchev–Trinajstić information content (AvgIpc) is 2.70. The molecular formula is C14H24N4. The van der Waals surface area contributed by atoms with Crippen molar-refractivity contribution in [2.24, 2.45) is 10.8 Å². The highest BCUT2D eigenvalue weighted by molar-refractivity contribution is 5.49. The summed E-state index contributed by atoms with van der Waals surface area (Å²) in [6.07, 6.45) is 2.71. The standard InChI is InChI=1S/C14H24N4/c1-6-7-15-10-8-11(17-9-16-10)18-12-13(2,3)14(12,4)5/h8-9,12H,6-7H2,1-5H3,(H2,15,16,17,18). The van der Waals surface area contributed by atoms with Gasteiger partial charge in [0.2, 0.25) is 0 Å². The molecule has 1 aromatic rings. The zero-order valence-corrected chi connectivity index (χ0v) is 12.0. The fourth-order valence-corrected chi connectivity index (χ4v) is 2.49. The fourth-order valence-electron chi connectivity index (χ4n) is 2.49. The molecule has 0 atom stereocenters. The largest absolute Gasteiger partial charge is 0.370 e. The molecule has 0 unspecified atom stereocenters. The normalized spacial score (nSPS) is 20.5. The van der Waals surface area contributed by atoms with Crippen LogP contribution in [0.25, 0.3) is 0 Å². The van der Waals surface area contributed by atoms with E-state index in [1.807, 2.05) is 6.07 Å². The second kappa shape index (κ2) is 4.41. The van der Waals surface area contributed by atoms with E-state index in [-0.39, 0.29) is 0 Å². The van der Waals surface area contributed by atoms with Crippen LogP contribution < -0.4 is 10.6 Å². The first-order valence-electron chi connectivity index (χ1n) is 6.72. The van der Waals surface area contributed by atoms with Crippen molar-refractivity contribution < 1.29 is 0 Å².